The number of aryl methyl sites for hydroxylation is 1. The third-order valence-corrected chi connectivity index (χ3v) is 5.43. The minimum absolute atomic E-state index is 0.0989. The van der Waals surface area contributed by atoms with Gasteiger partial charge in [-0.1, -0.05) is 43.7 Å². The molecular weight excluding hydrogens is 440 g/mol. The van der Waals surface area contributed by atoms with Crippen LogP contribution >= 0.6 is 0 Å². The summed E-state index contributed by atoms with van der Waals surface area (Å²) >= 11 is 0. The van der Waals surface area contributed by atoms with Crippen LogP contribution in [0.4, 0.5) is 0 Å². The Morgan fingerprint density at radius 1 is 1.06 bits per heavy atom. The molecular formula is C29H38N2O4. The van der Waals surface area contributed by atoms with E-state index in [1.165, 1.54) is 5.56 Å². The lowest BCUT2D eigenvalue weighted by Gasteiger charge is -2.19. The topological polar surface area (TPSA) is 83.7 Å². The maximum atomic E-state index is 11.8. The van der Waals surface area contributed by atoms with Gasteiger partial charge in [-0.2, -0.15) is 0 Å². The second-order valence-electron chi connectivity index (χ2n) is 10.2. The van der Waals surface area contributed by atoms with Crippen molar-refractivity contribution in [3.8, 4) is 16.9 Å². The predicted molar refractivity (Wildman–Crippen MR) is 141 cm³/mol. The summed E-state index contributed by atoms with van der Waals surface area (Å²) in [5, 5.41) is 1.01. The Kier molecular flexibility index (Phi) is 8.87. The fourth-order valence-corrected chi connectivity index (χ4v) is 3.99. The monoisotopic (exact) mass is 478 g/mol. The van der Waals surface area contributed by atoms with Crippen molar-refractivity contribution in [2.45, 2.75) is 60.1 Å². The number of carbonyl (C=O) groups is 1. The smallest absolute Gasteiger partial charge is 0.332 e. The van der Waals surface area contributed by atoms with Crippen molar-refractivity contribution in [3.05, 3.63) is 59.3 Å². The number of rotatable bonds is 10. The average molecular weight is 479 g/mol. The molecule has 6 nitrogen and oxygen atoms in total. The number of nitrogens with zero attached hydrogens (tertiary/aromatic N) is 1. The summed E-state index contributed by atoms with van der Waals surface area (Å²) in [5.74, 6) is 0.802. The molecule has 3 rings (SSSR count). The predicted octanol–water partition coefficient (Wildman–Crippen LogP) is 5.60. The zero-order valence-corrected chi connectivity index (χ0v) is 21.8. The SMILES string of the molecule is Cc1ccc(-c2c(CN)c(CC(C)C)nc3ccc(OCCOCC(=O)OC(C)(C)C)cc23)cc1. The second kappa shape index (κ2) is 11.6. The van der Waals surface area contributed by atoms with E-state index < -0.39 is 5.60 Å². The molecule has 1 heterocycles. The van der Waals surface area contributed by atoms with Crippen LogP contribution in [0.2, 0.25) is 0 Å². The summed E-state index contributed by atoms with van der Waals surface area (Å²) in [6, 6.07) is 14.4. The van der Waals surface area contributed by atoms with Crippen LogP contribution in [-0.4, -0.2) is 36.4 Å². The van der Waals surface area contributed by atoms with E-state index in [1.54, 1.807) is 0 Å². The summed E-state index contributed by atoms with van der Waals surface area (Å²) in [5.41, 5.74) is 12.2. The van der Waals surface area contributed by atoms with Crippen molar-refractivity contribution in [2.75, 3.05) is 19.8 Å². The summed E-state index contributed by atoms with van der Waals surface area (Å²) in [4.78, 5) is 16.8. The minimum atomic E-state index is -0.525. The van der Waals surface area contributed by atoms with Crippen molar-refractivity contribution >= 4 is 16.9 Å². The van der Waals surface area contributed by atoms with Crippen molar-refractivity contribution in [3.63, 3.8) is 0 Å². The highest BCUT2D eigenvalue weighted by molar-refractivity contribution is 5.97. The Morgan fingerprint density at radius 3 is 2.40 bits per heavy atom. The van der Waals surface area contributed by atoms with E-state index in [4.69, 9.17) is 24.9 Å². The molecule has 3 aromatic rings. The van der Waals surface area contributed by atoms with Crippen LogP contribution in [0.5, 0.6) is 5.75 Å². The zero-order chi connectivity index (χ0) is 25.6. The molecule has 0 aliphatic heterocycles. The maximum Gasteiger partial charge on any atom is 0.332 e. The third-order valence-electron chi connectivity index (χ3n) is 5.43. The molecule has 0 unspecified atom stereocenters. The standard InChI is InChI=1S/C29H38N2O4/c1-19(2)15-26-24(17-30)28(21-9-7-20(3)8-10-21)23-16-22(11-12-25(23)31-26)34-14-13-33-18-27(32)35-29(4,5)6/h7-12,16,19H,13-15,17-18,30H2,1-6H3. The highest BCUT2D eigenvalue weighted by Gasteiger charge is 2.18. The molecule has 0 fully saturated rings. The van der Waals surface area contributed by atoms with Crippen molar-refractivity contribution in [1.29, 1.82) is 0 Å². The van der Waals surface area contributed by atoms with Gasteiger partial charge in [-0.3, -0.25) is 4.98 Å². The molecule has 1 aromatic heterocycles. The van der Waals surface area contributed by atoms with Crippen molar-refractivity contribution in [2.24, 2.45) is 11.7 Å². The van der Waals surface area contributed by atoms with Gasteiger partial charge in [0.15, 0.2) is 0 Å². The number of esters is 1. The highest BCUT2D eigenvalue weighted by atomic mass is 16.6. The number of pyridine rings is 1. The van der Waals surface area contributed by atoms with Gasteiger partial charge in [-0.25, -0.2) is 4.79 Å². The van der Waals surface area contributed by atoms with Gasteiger partial charge in [-0.15, -0.1) is 0 Å². The van der Waals surface area contributed by atoms with Crippen LogP contribution in [0, 0.1) is 12.8 Å². The van der Waals surface area contributed by atoms with Gasteiger partial charge in [-0.05, 0) is 74.9 Å². The first-order chi connectivity index (χ1) is 16.6. The number of aromatic nitrogens is 1. The van der Waals surface area contributed by atoms with E-state index >= 15 is 0 Å². The Balaban J connectivity index is 1.84. The summed E-state index contributed by atoms with van der Waals surface area (Å²) in [7, 11) is 0. The van der Waals surface area contributed by atoms with Crippen LogP contribution in [-0.2, 0) is 27.2 Å². The Labute approximate surface area is 208 Å². The Morgan fingerprint density at radius 2 is 1.77 bits per heavy atom. The van der Waals surface area contributed by atoms with Gasteiger partial charge >= 0.3 is 5.97 Å². The number of carbonyl (C=O) groups excluding carboxylic acids is 1. The minimum Gasteiger partial charge on any atom is -0.491 e. The molecule has 0 saturated carbocycles. The fraction of sp³-hybridized carbons (Fsp3) is 0.448. The molecule has 6 heteroatoms. The number of ether oxygens (including phenoxy) is 3. The van der Waals surface area contributed by atoms with E-state index in [0.717, 1.165) is 39.7 Å². The molecule has 0 atom stereocenters. The molecule has 2 N–H and O–H groups in total. The van der Waals surface area contributed by atoms with Gasteiger partial charge in [0.05, 0.1) is 12.1 Å². The molecule has 0 bridgehead atoms. The second-order valence-corrected chi connectivity index (χ2v) is 10.2. The van der Waals surface area contributed by atoms with E-state index in [0.29, 0.717) is 24.8 Å². The summed E-state index contributed by atoms with van der Waals surface area (Å²) < 4.78 is 16.6. The Hall–Kier alpha value is -2.96. The van der Waals surface area contributed by atoms with Crippen LogP contribution < -0.4 is 10.5 Å². The Bertz CT molecular complexity index is 1150. The largest absolute Gasteiger partial charge is 0.491 e. The van der Waals surface area contributed by atoms with Crippen LogP contribution in [0.15, 0.2) is 42.5 Å². The van der Waals surface area contributed by atoms with E-state index in [2.05, 4.69) is 45.0 Å². The van der Waals surface area contributed by atoms with Crippen LogP contribution in [0.3, 0.4) is 0 Å². The lowest BCUT2D eigenvalue weighted by molar-refractivity contribution is -0.160. The van der Waals surface area contributed by atoms with Gasteiger partial charge < -0.3 is 19.9 Å². The number of hydrogen-bond donors (Lipinski definition) is 1. The number of fused-ring (bicyclic) bond motifs is 1. The lowest BCUT2D eigenvalue weighted by atomic mass is 9.91. The van der Waals surface area contributed by atoms with Crippen LogP contribution in [0.1, 0.15) is 51.4 Å². The first kappa shape index (κ1) is 26.6. The molecule has 35 heavy (non-hydrogen) atoms. The number of nitrogens with two attached hydrogens (primary N) is 1. The first-order valence-electron chi connectivity index (χ1n) is 12.2. The van der Waals surface area contributed by atoms with Gasteiger partial charge in [0.1, 0.15) is 24.6 Å². The quantitative estimate of drug-likeness (QED) is 0.301. The molecule has 0 aliphatic carbocycles. The van der Waals surface area contributed by atoms with Gasteiger partial charge in [0.25, 0.3) is 0 Å². The normalized spacial score (nSPS) is 11.8. The molecule has 0 saturated heterocycles. The zero-order valence-electron chi connectivity index (χ0n) is 21.8. The lowest BCUT2D eigenvalue weighted by Crippen LogP contribution is -2.27. The third kappa shape index (κ3) is 7.51. The van der Waals surface area contributed by atoms with Gasteiger partial charge in [0, 0.05) is 17.6 Å². The van der Waals surface area contributed by atoms with E-state index in [9.17, 15) is 4.79 Å². The fourth-order valence-electron chi connectivity index (χ4n) is 3.99. The van der Waals surface area contributed by atoms with Crippen molar-refractivity contribution in [1.82, 2.24) is 4.98 Å². The highest BCUT2D eigenvalue weighted by Crippen LogP contribution is 2.36. The number of hydrogen-bond acceptors (Lipinski definition) is 6. The first-order valence-corrected chi connectivity index (χ1v) is 12.2. The number of benzene rings is 2. The summed E-state index contributed by atoms with van der Waals surface area (Å²) in [6.45, 7) is 12.9. The van der Waals surface area contributed by atoms with E-state index in [-0.39, 0.29) is 19.2 Å². The molecule has 188 valence electrons. The van der Waals surface area contributed by atoms with Crippen LogP contribution in [0.25, 0.3) is 22.0 Å². The van der Waals surface area contributed by atoms with Gasteiger partial charge in [0.2, 0.25) is 0 Å². The summed E-state index contributed by atoms with van der Waals surface area (Å²) in [6.07, 6.45) is 0.870. The molecule has 0 amide bonds. The van der Waals surface area contributed by atoms with E-state index in [1.807, 2.05) is 39.0 Å². The maximum absolute atomic E-state index is 11.8. The molecule has 0 aliphatic rings. The molecule has 0 spiro atoms. The molecule has 0 radical (unpaired) electrons. The molecule has 2 aromatic carbocycles. The van der Waals surface area contributed by atoms with Crippen molar-refractivity contribution < 1.29 is 19.0 Å². The average Bonchev–Trinajstić information content (AvgIpc) is 2.77.